The molecule has 0 amide bonds. The van der Waals surface area contributed by atoms with E-state index in [9.17, 15) is 4.79 Å². The molecular formula is C18H16O4. The second kappa shape index (κ2) is 5.56. The summed E-state index contributed by atoms with van der Waals surface area (Å²) in [5, 5.41) is 9.67. The van der Waals surface area contributed by atoms with Gasteiger partial charge in [0.25, 0.3) is 0 Å². The quantitative estimate of drug-likeness (QED) is 0.732. The minimum atomic E-state index is -1.08. The third kappa shape index (κ3) is 2.81. The van der Waals surface area contributed by atoms with Crippen molar-refractivity contribution in [1.29, 1.82) is 0 Å². The Hall–Kier alpha value is -2.75. The molecule has 4 heteroatoms. The van der Waals surface area contributed by atoms with Crippen molar-refractivity contribution in [2.75, 3.05) is 0 Å². The fourth-order valence-corrected chi connectivity index (χ4v) is 2.24. The number of carbonyl (C=O) groups is 1. The smallest absolute Gasteiger partial charge is 0.371 e. The molecule has 2 aromatic carbocycles. The Labute approximate surface area is 127 Å². The van der Waals surface area contributed by atoms with Crippen LogP contribution in [0.3, 0.4) is 0 Å². The monoisotopic (exact) mass is 296 g/mol. The molecule has 0 aliphatic carbocycles. The Morgan fingerprint density at radius 2 is 1.73 bits per heavy atom. The molecule has 0 atom stereocenters. The summed E-state index contributed by atoms with van der Waals surface area (Å²) in [6.07, 6.45) is 0. The number of carboxylic acids is 1. The van der Waals surface area contributed by atoms with E-state index in [0.717, 1.165) is 11.1 Å². The Bertz CT molecular complexity index is 813. The van der Waals surface area contributed by atoms with Crippen molar-refractivity contribution in [2.45, 2.75) is 19.8 Å². The molecule has 22 heavy (non-hydrogen) atoms. The lowest BCUT2D eigenvalue weighted by atomic mass is 10.0. The summed E-state index contributed by atoms with van der Waals surface area (Å²) in [4.78, 5) is 10.9. The topological polar surface area (TPSA) is 59.7 Å². The lowest BCUT2D eigenvalue weighted by molar-refractivity contribution is 0.0665. The van der Waals surface area contributed by atoms with Crippen LogP contribution in [0.1, 0.15) is 35.9 Å². The van der Waals surface area contributed by atoms with Crippen LogP contribution >= 0.6 is 0 Å². The summed E-state index contributed by atoms with van der Waals surface area (Å²) in [6.45, 7) is 4.28. The summed E-state index contributed by atoms with van der Waals surface area (Å²) in [5.74, 6) is 0.657. The van der Waals surface area contributed by atoms with Crippen molar-refractivity contribution >= 4 is 16.9 Å². The molecule has 0 radical (unpaired) electrons. The molecule has 3 rings (SSSR count). The molecule has 0 aliphatic rings. The first-order valence-electron chi connectivity index (χ1n) is 7.07. The lowest BCUT2D eigenvalue weighted by Crippen LogP contribution is -1.91. The van der Waals surface area contributed by atoms with Gasteiger partial charge in [-0.2, -0.15) is 0 Å². The van der Waals surface area contributed by atoms with E-state index < -0.39 is 5.97 Å². The second-order valence-electron chi connectivity index (χ2n) is 5.44. The zero-order valence-corrected chi connectivity index (χ0v) is 12.4. The van der Waals surface area contributed by atoms with Crippen LogP contribution < -0.4 is 4.74 Å². The van der Waals surface area contributed by atoms with Crippen LogP contribution in [0.15, 0.2) is 52.9 Å². The number of benzene rings is 2. The molecule has 1 N–H and O–H groups in total. The summed E-state index contributed by atoms with van der Waals surface area (Å²) < 4.78 is 11.1. The first-order chi connectivity index (χ1) is 10.5. The highest BCUT2D eigenvalue weighted by atomic mass is 16.5. The first-order valence-corrected chi connectivity index (χ1v) is 7.07. The highest BCUT2D eigenvalue weighted by molar-refractivity contribution is 5.91. The third-order valence-corrected chi connectivity index (χ3v) is 3.48. The standard InChI is InChI=1S/C18H16O4/c1-11(2)12-3-6-14(7-4-12)21-15-8-5-13-9-17(18(19)20)22-16(13)10-15/h3-11H,1-2H3,(H,19,20). The van der Waals surface area contributed by atoms with Gasteiger partial charge in [-0.25, -0.2) is 4.79 Å². The predicted molar refractivity (Wildman–Crippen MR) is 83.8 cm³/mol. The maximum absolute atomic E-state index is 10.9. The molecule has 4 nitrogen and oxygen atoms in total. The van der Waals surface area contributed by atoms with E-state index in [1.165, 1.54) is 11.6 Å². The van der Waals surface area contributed by atoms with Gasteiger partial charge in [-0.05, 0) is 41.8 Å². The van der Waals surface area contributed by atoms with E-state index in [0.29, 0.717) is 17.3 Å². The number of hydrogen-bond acceptors (Lipinski definition) is 3. The van der Waals surface area contributed by atoms with Gasteiger partial charge in [0.2, 0.25) is 5.76 Å². The molecule has 1 heterocycles. The van der Waals surface area contributed by atoms with Crippen LogP contribution in [-0.2, 0) is 0 Å². The van der Waals surface area contributed by atoms with Gasteiger partial charge in [-0.15, -0.1) is 0 Å². The Balaban J connectivity index is 1.85. The summed E-state index contributed by atoms with van der Waals surface area (Å²) in [5.41, 5.74) is 1.74. The Morgan fingerprint density at radius 1 is 1.05 bits per heavy atom. The number of hydrogen-bond donors (Lipinski definition) is 1. The van der Waals surface area contributed by atoms with E-state index in [-0.39, 0.29) is 5.76 Å². The van der Waals surface area contributed by atoms with E-state index in [4.69, 9.17) is 14.3 Å². The van der Waals surface area contributed by atoms with E-state index >= 15 is 0 Å². The average molecular weight is 296 g/mol. The molecule has 0 aliphatic heterocycles. The van der Waals surface area contributed by atoms with Gasteiger partial charge in [0.15, 0.2) is 0 Å². The molecule has 0 unspecified atom stereocenters. The number of furan rings is 1. The zero-order chi connectivity index (χ0) is 15.7. The van der Waals surface area contributed by atoms with Gasteiger partial charge in [0, 0.05) is 11.5 Å². The maximum atomic E-state index is 10.9. The van der Waals surface area contributed by atoms with Crippen molar-refractivity contribution in [3.63, 3.8) is 0 Å². The predicted octanol–water partition coefficient (Wildman–Crippen LogP) is 5.05. The molecule has 0 fully saturated rings. The zero-order valence-electron chi connectivity index (χ0n) is 12.4. The minimum Gasteiger partial charge on any atom is -0.475 e. The van der Waals surface area contributed by atoms with Gasteiger partial charge in [-0.1, -0.05) is 26.0 Å². The molecule has 0 saturated heterocycles. The van der Waals surface area contributed by atoms with Gasteiger partial charge in [0.1, 0.15) is 17.1 Å². The minimum absolute atomic E-state index is 0.0755. The number of rotatable bonds is 4. The SMILES string of the molecule is CC(C)c1ccc(Oc2ccc3cc(C(=O)O)oc3c2)cc1. The molecule has 112 valence electrons. The lowest BCUT2D eigenvalue weighted by Gasteiger charge is -2.08. The summed E-state index contributed by atoms with van der Waals surface area (Å²) in [6, 6.07) is 14.7. The molecule has 0 spiro atoms. The molecular weight excluding hydrogens is 280 g/mol. The first kappa shape index (κ1) is 14.2. The normalized spacial score (nSPS) is 11.0. The molecule has 1 aromatic heterocycles. The number of fused-ring (bicyclic) bond motifs is 1. The second-order valence-corrected chi connectivity index (χ2v) is 5.44. The van der Waals surface area contributed by atoms with Crippen LogP contribution in [0, 0.1) is 0 Å². The van der Waals surface area contributed by atoms with Crippen LogP contribution in [0.2, 0.25) is 0 Å². The highest BCUT2D eigenvalue weighted by Gasteiger charge is 2.11. The van der Waals surface area contributed by atoms with Gasteiger partial charge in [-0.3, -0.25) is 0 Å². The Kier molecular flexibility index (Phi) is 3.59. The van der Waals surface area contributed by atoms with Crippen LogP contribution in [0.4, 0.5) is 0 Å². The van der Waals surface area contributed by atoms with Crippen LogP contribution in [0.5, 0.6) is 11.5 Å². The van der Waals surface area contributed by atoms with E-state index in [1.54, 1.807) is 18.2 Å². The Morgan fingerprint density at radius 3 is 2.36 bits per heavy atom. The molecule has 0 saturated carbocycles. The third-order valence-electron chi connectivity index (χ3n) is 3.48. The van der Waals surface area contributed by atoms with Crippen molar-refractivity contribution in [3.05, 3.63) is 59.9 Å². The summed E-state index contributed by atoms with van der Waals surface area (Å²) >= 11 is 0. The fourth-order valence-electron chi connectivity index (χ4n) is 2.24. The maximum Gasteiger partial charge on any atom is 0.371 e. The number of ether oxygens (including phenoxy) is 1. The van der Waals surface area contributed by atoms with E-state index in [1.807, 2.05) is 24.3 Å². The fraction of sp³-hybridized carbons (Fsp3) is 0.167. The van der Waals surface area contributed by atoms with Gasteiger partial charge < -0.3 is 14.3 Å². The highest BCUT2D eigenvalue weighted by Crippen LogP contribution is 2.28. The number of carboxylic acid groups (broad SMARTS) is 1. The van der Waals surface area contributed by atoms with Crippen molar-refractivity contribution < 1.29 is 19.1 Å². The van der Waals surface area contributed by atoms with Crippen LogP contribution in [-0.4, -0.2) is 11.1 Å². The molecule has 3 aromatic rings. The van der Waals surface area contributed by atoms with Crippen LogP contribution in [0.25, 0.3) is 11.0 Å². The van der Waals surface area contributed by atoms with Gasteiger partial charge in [0.05, 0.1) is 0 Å². The number of aromatic carboxylic acids is 1. The van der Waals surface area contributed by atoms with Crippen molar-refractivity contribution in [3.8, 4) is 11.5 Å². The summed E-state index contributed by atoms with van der Waals surface area (Å²) in [7, 11) is 0. The largest absolute Gasteiger partial charge is 0.475 e. The average Bonchev–Trinajstić information content (AvgIpc) is 2.91. The molecule has 0 bridgehead atoms. The van der Waals surface area contributed by atoms with Crippen molar-refractivity contribution in [1.82, 2.24) is 0 Å². The van der Waals surface area contributed by atoms with Gasteiger partial charge >= 0.3 is 5.97 Å². The van der Waals surface area contributed by atoms with Crippen molar-refractivity contribution in [2.24, 2.45) is 0 Å². The van der Waals surface area contributed by atoms with E-state index in [2.05, 4.69) is 13.8 Å².